The van der Waals surface area contributed by atoms with Crippen LogP contribution in [0.4, 0.5) is 0 Å². The first-order chi connectivity index (χ1) is 12.1. The predicted octanol–water partition coefficient (Wildman–Crippen LogP) is 3.04. The van der Waals surface area contributed by atoms with Gasteiger partial charge in [0.2, 0.25) is 0 Å². The molecule has 0 amide bonds. The highest BCUT2D eigenvalue weighted by atomic mass is 16.2. The number of hydrogen-bond donors (Lipinski definition) is 2. The van der Waals surface area contributed by atoms with E-state index < -0.39 is 5.69 Å². The van der Waals surface area contributed by atoms with Gasteiger partial charge in [0.25, 0.3) is 5.56 Å². The van der Waals surface area contributed by atoms with Crippen LogP contribution in [0.2, 0.25) is 0 Å². The van der Waals surface area contributed by atoms with E-state index in [1.54, 1.807) is 6.07 Å². The Balaban J connectivity index is 1.74. The molecule has 2 heterocycles. The smallest absolute Gasteiger partial charge is 0.307 e. The summed E-state index contributed by atoms with van der Waals surface area (Å²) in [6.07, 6.45) is 2.55. The lowest BCUT2D eigenvalue weighted by Gasteiger charge is -2.24. The van der Waals surface area contributed by atoms with Crippen molar-refractivity contribution in [1.29, 1.82) is 0 Å². The van der Waals surface area contributed by atoms with Crippen molar-refractivity contribution in [3.05, 3.63) is 68.9 Å². The number of aromatic amines is 2. The molecule has 3 aromatic rings. The van der Waals surface area contributed by atoms with Gasteiger partial charge in [-0.2, -0.15) is 0 Å². The van der Waals surface area contributed by atoms with E-state index in [-0.39, 0.29) is 5.56 Å². The molecule has 2 N–H and O–H groups in total. The molecule has 0 saturated carbocycles. The van der Waals surface area contributed by atoms with Crippen molar-refractivity contribution in [3.63, 3.8) is 0 Å². The minimum absolute atomic E-state index is 0.359. The van der Waals surface area contributed by atoms with Crippen LogP contribution in [0.1, 0.15) is 31.4 Å². The van der Waals surface area contributed by atoms with Crippen LogP contribution in [0.25, 0.3) is 22.0 Å². The Kier molecular flexibility index (Phi) is 4.01. The van der Waals surface area contributed by atoms with Crippen molar-refractivity contribution < 1.29 is 0 Å². The van der Waals surface area contributed by atoms with Crippen LogP contribution in [0.5, 0.6) is 0 Å². The number of nitrogens with zero attached hydrogens (tertiary/aromatic N) is 1. The molecule has 0 bridgehead atoms. The Hall–Kier alpha value is -2.66. The molecular weight excluding hydrogens is 314 g/mol. The topological polar surface area (TPSA) is 69.0 Å². The Labute approximate surface area is 145 Å². The highest BCUT2D eigenvalue weighted by Gasteiger charge is 2.19. The molecule has 2 aromatic carbocycles. The summed E-state index contributed by atoms with van der Waals surface area (Å²) in [5.41, 5.74) is 3.06. The van der Waals surface area contributed by atoms with Crippen molar-refractivity contribution in [2.24, 2.45) is 0 Å². The first-order valence-electron chi connectivity index (χ1n) is 8.72. The van der Waals surface area contributed by atoms with E-state index in [4.69, 9.17) is 0 Å². The zero-order valence-electron chi connectivity index (χ0n) is 14.2. The number of nitrogens with one attached hydrogen (secondary N) is 2. The van der Waals surface area contributed by atoms with Gasteiger partial charge >= 0.3 is 5.69 Å². The van der Waals surface area contributed by atoms with E-state index in [1.807, 2.05) is 12.1 Å². The molecule has 1 aromatic heterocycles. The summed E-state index contributed by atoms with van der Waals surface area (Å²) in [6, 6.07) is 14.4. The van der Waals surface area contributed by atoms with E-state index in [0.29, 0.717) is 16.9 Å². The van der Waals surface area contributed by atoms with Gasteiger partial charge < -0.3 is 4.98 Å². The fourth-order valence-electron chi connectivity index (χ4n) is 3.66. The second-order valence-electron chi connectivity index (χ2n) is 6.71. The zero-order chi connectivity index (χ0) is 17.4. The second kappa shape index (κ2) is 6.33. The highest BCUT2D eigenvalue weighted by Crippen LogP contribution is 2.29. The van der Waals surface area contributed by atoms with Gasteiger partial charge in [-0.3, -0.25) is 14.7 Å². The minimum atomic E-state index is -0.480. The summed E-state index contributed by atoms with van der Waals surface area (Å²) in [6.45, 7) is 4.56. The van der Waals surface area contributed by atoms with E-state index in [9.17, 15) is 9.59 Å². The van der Waals surface area contributed by atoms with Crippen LogP contribution in [0.15, 0.2) is 52.1 Å². The molecule has 128 valence electrons. The van der Waals surface area contributed by atoms with Crippen LogP contribution < -0.4 is 11.2 Å². The number of benzene rings is 2. The molecular formula is C20H21N3O2. The first-order valence-corrected chi connectivity index (χ1v) is 8.72. The second-order valence-corrected chi connectivity index (χ2v) is 6.71. The maximum Gasteiger partial charge on any atom is 0.326 e. The van der Waals surface area contributed by atoms with Crippen molar-refractivity contribution >= 4 is 10.9 Å². The molecule has 0 radical (unpaired) electrons. The number of hydrogen-bond acceptors (Lipinski definition) is 3. The third-order valence-corrected chi connectivity index (χ3v) is 5.13. The van der Waals surface area contributed by atoms with Gasteiger partial charge in [-0.25, -0.2) is 4.79 Å². The monoisotopic (exact) mass is 335 g/mol. The van der Waals surface area contributed by atoms with Gasteiger partial charge in [0.05, 0.1) is 10.9 Å². The lowest BCUT2D eigenvalue weighted by Crippen LogP contribution is -2.23. The summed E-state index contributed by atoms with van der Waals surface area (Å²) in [7, 11) is 0. The normalized spacial score (nSPS) is 16.4. The summed E-state index contributed by atoms with van der Waals surface area (Å²) in [5.74, 6) is 0. The van der Waals surface area contributed by atoms with E-state index in [1.165, 1.54) is 18.4 Å². The van der Waals surface area contributed by atoms with Crippen LogP contribution in [-0.4, -0.2) is 28.0 Å². The third-order valence-electron chi connectivity index (χ3n) is 5.13. The van der Waals surface area contributed by atoms with Crippen molar-refractivity contribution in [3.8, 4) is 11.1 Å². The van der Waals surface area contributed by atoms with E-state index in [0.717, 1.165) is 24.2 Å². The SMILES string of the molecule is CC(c1cccc(-c2ccc3[nH]c(=O)[nH]c(=O)c3c2)c1)N1CCCC1. The molecule has 25 heavy (non-hydrogen) atoms. The van der Waals surface area contributed by atoms with Crippen LogP contribution in [0, 0.1) is 0 Å². The van der Waals surface area contributed by atoms with Gasteiger partial charge in [-0.1, -0.05) is 24.3 Å². The molecule has 0 spiro atoms. The van der Waals surface area contributed by atoms with Gasteiger partial charge in [-0.15, -0.1) is 0 Å². The number of fused-ring (bicyclic) bond motifs is 1. The van der Waals surface area contributed by atoms with Crippen LogP contribution in [0.3, 0.4) is 0 Å². The van der Waals surface area contributed by atoms with Crippen molar-refractivity contribution in [2.45, 2.75) is 25.8 Å². The number of rotatable bonds is 3. The number of H-pyrrole nitrogens is 2. The van der Waals surface area contributed by atoms with Gasteiger partial charge in [-0.05, 0) is 67.7 Å². The quantitative estimate of drug-likeness (QED) is 0.773. The van der Waals surface area contributed by atoms with Gasteiger partial charge in [0, 0.05) is 6.04 Å². The van der Waals surface area contributed by atoms with E-state index in [2.05, 4.69) is 46.1 Å². The Morgan fingerprint density at radius 1 is 0.960 bits per heavy atom. The molecule has 5 nitrogen and oxygen atoms in total. The number of likely N-dealkylation sites (tertiary alicyclic amines) is 1. The standard InChI is InChI=1S/C20H21N3O2/c1-13(23-9-2-3-10-23)14-5-4-6-15(11-14)16-7-8-18-17(12-16)19(24)22-20(25)21-18/h4-8,11-13H,2-3,9-10H2,1H3,(H2,21,22,24,25). The molecule has 5 heteroatoms. The lowest BCUT2D eigenvalue weighted by molar-refractivity contribution is 0.263. The third kappa shape index (κ3) is 3.03. The fraction of sp³-hybridized carbons (Fsp3) is 0.300. The van der Waals surface area contributed by atoms with Gasteiger partial charge in [0.15, 0.2) is 0 Å². The molecule has 1 aliphatic heterocycles. The maximum absolute atomic E-state index is 12.0. The first kappa shape index (κ1) is 15.8. The predicted molar refractivity (Wildman–Crippen MR) is 99.8 cm³/mol. The summed E-state index contributed by atoms with van der Waals surface area (Å²) in [4.78, 5) is 30.9. The largest absolute Gasteiger partial charge is 0.326 e. The molecule has 1 atom stereocenters. The maximum atomic E-state index is 12.0. The molecule has 1 aliphatic rings. The molecule has 1 unspecified atom stereocenters. The minimum Gasteiger partial charge on any atom is -0.307 e. The lowest BCUT2D eigenvalue weighted by atomic mass is 9.98. The summed E-state index contributed by atoms with van der Waals surface area (Å²) < 4.78 is 0. The number of aromatic nitrogens is 2. The summed E-state index contributed by atoms with van der Waals surface area (Å²) in [5, 5.41) is 0.495. The van der Waals surface area contributed by atoms with Crippen LogP contribution >= 0.6 is 0 Å². The van der Waals surface area contributed by atoms with Crippen LogP contribution in [-0.2, 0) is 0 Å². The van der Waals surface area contributed by atoms with Crippen molar-refractivity contribution in [2.75, 3.05) is 13.1 Å². The van der Waals surface area contributed by atoms with Gasteiger partial charge in [0.1, 0.15) is 0 Å². The Bertz CT molecular complexity index is 1030. The molecule has 1 fully saturated rings. The Morgan fingerprint density at radius 2 is 1.72 bits per heavy atom. The Morgan fingerprint density at radius 3 is 2.52 bits per heavy atom. The molecule has 4 rings (SSSR count). The average Bonchev–Trinajstić information content (AvgIpc) is 3.15. The summed E-state index contributed by atoms with van der Waals surface area (Å²) >= 11 is 0. The molecule has 1 saturated heterocycles. The highest BCUT2D eigenvalue weighted by molar-refractivity contribution is 5.83. The van der Waals surface area contributed by atoms with E-state index >= 15 is 0 Å². The van der Waals surface area contributed by atoms with Crippen molar-refractivity contribution in [1.82, 2.24) is 14.9 Å². The zero-order valence-corrected chi connectivity index (χ0v) is 14.2. The fourth-order valence-corrected chi connectivity index (χ4v) is 3.66. The molecule has 0 aliphatic carbocycles. The average molecular weight is 335 g/mol.